The third kappa shape index (κ3) is 3.21. The molecule has 16 heavy (non-hydrogen) atoms. The van der Waals surface area contributed by atoms with Gasteiger partial charge in [0.15, 0.2) is 0 Å². The Morgan fingerprint density at radius 3 is 2.31 bits per heavy atom. The molecular weight excluding hydrogens is 198 g/mol. The van der Waals surface area contributed by atoms with Gasteiger partial charge in [-0.15, -0.1) is 0 Å². The molecule has 1 aliphatic heterocycles. The number of rotatable bonds is 4. The van der Waals surface area contributed by atoms with Gasteiger partial charge < -0.3 is 10.1 Å². The summed E-state index contributed by atoms with van der Waals surface area (Å²) in [5.74, 6) is 0.909. The van der Waals surface area contributed by atoms with Crippen LogP contribution in [0.4, 0.5) is 0 Å². The third-order valence-corrected chi connectivity index (χ3v) is 4.36. The highest BCUT2D eigenvalue weighted by atomic mass is 16.5. The van der Waals surface area contributed by atoms with Crippen molar-refractivity contribution in [1.82, 2.24) is 5.32 Å². The van der Waals surface area contributed by atoms with Crippen LogP contribution in [0.15, 0.2) is 0 Å². The predicted octanol–water partition coefficient (Wildman–Crippen LogP) is 2.97. The van der Waals surface area contributed by atoms with E-state index in [-0.39, 0.29) is 0 Å². The van der Waals surface area contributed by atoms with Crippen molar-refractivity contribution < 1.29 is 4.74 Å². The van der Waals surface area contributed by atoms with Crippen LogP contribution < -0.4 is 5.32 Å². The average molecular weight is 225 g/mol. The van der Waals surface area contributed by atoms with E-state index < -0.39 is 0 Å². The van der Waals surface area contributed by atoms with E-state index in [9.17, 15) is 0 Å². The topological polar surface area (TPSA) is 21.3 Å². The Kier molecular flexibility index (Phi) is 4.26. The van der Waals surface area contributed by atoms with Gasteiger partial charge in [-0.1, -0.05) is 32.6 Å². The highest BCUT2D eigenvalue weighted by Gasteiger charge is 2.33. The molecule has 1 N–H and O–H groups in total. The van der Waals surface area contributed by atoms with Crippen LogP contribution in [0.3, 0.4) is 0 Å². The minimum atomic E-state index is 0.416. The summed E-state index contributed by atoms with van der Waals surface area (Å²) < 4.78 is 5.30. The van der Waals surface area contributed by atoms with Gasteiger partial charge in [-0.3, -0.25) is 0 Å². The lowest BCUT2D eigenvalue weighted by Crippen LogP contribution is -2.50. The van der Waals surface area contributed by atoms with Gasteiger partial charge in [0.1, 0.15) is 0 Å². The molecule has 0 aromatic rings. The molecule has 0 radical (unpaired) electrons. The van der Waals surface area contributed by atoms with Crippen molar-refractivity contribution in [3.05, 3.63) is 0 Å². The molecule has 2 fully saturated rings. The van der Waals surface area contributed by atoms with Crippen LogP contribution in [0.25, 0.3) is 0 Å². The first-order chi connectivity index (χ1) is 7.70. The number of hydrogen-bond acceptors (Lipinski definition) is 2. The van der Waals surface area contributed by atoms with Gasteiger partial charge in [-0.25, -0.2) is 0 Å². The van der Waals surface area contributed by atoms with Crippen molar-refractivity contribution in [1.29, 1.82) is 0 Å². The van der Waals surface area contributed by atoms with Crippen LogP contribution in [0.2, 0.25) is 0 Å². The van der Waals surface area contributed by atoms with Gasteiger partial charge in [-0.05, 0) is 25.7 Å². The average Bonchev–Trinajstić information content (AvgIpc) is 2.51. The standard InChI is InChI=1S/C14H27NO/c1-12(13-7-5-3-4-6-8-13)15-9-14(2)10-16-11-14/h12-13,15H,3-11H2,1-2H3/t12-/m0/s1. The lowest BCUT2D eigenvalue weighted by atomic mass is 9.87. The van der Waals surface area contributed by atoms with Gasteiger partial charge in [0, 0.05) is 18.0 Å². The molecule has 1 saturated heterocycles. The predicted molar refractivity (Wildman–Crippen MR) is 67.6 cm³/mol. The fourth-order valence-corrected chi connectivity index (χ4v) is 2.94. The Morgan fingerprint density at radius 2 is 1.81 bits per heavy atom. The maximum absolute atomic E-state index is 5.30. The summed E-state index contributed by atoms with van der Waals surface area (Å²) >= 11 is 0. The molecule has 0 bridgehead atoms. The smallest absolute Gasteiger partial charge is 0.0554 e. The summed E-state index contributed by atoms with van der Waals surface area (Å²) in [6, 6.07) is 0.690. The Balaban J connectivity index is 1.71. The number of ether oxygens (including phenoxy) is 1. The first-order valence-electron chi connectivity index (χ1n) is 7.01. The molecule has 1 atom stereocenters. The molecule has 94 valence electrons. The quantitative estimate of drug-likeness (QED) is 0.743. The van der Waals surface area contributed by atoms with E-state index in [2.05, 4.69) is 19.2 Å². The lowest BCUT2D eigenvalue weighted by Gasteiger charge is -2.39. The fraction of sp³-hybridized carbons (Fsp3) is 1.00. The van der Waals surface area contributed by atoms with Crippen molar-refractivity contribution in [3.63, 3.8) is 0 Å². The van der Waals surface area contributed by atoms with Crippen LogP contribution >= 0.6 is 0 Å². The zero-order chi connectivity index (χ0) is 11.4. The van der Waals surface area contributed by atoms with Crippen LogP contribution in [-0.4, -0.2) is 25.8 Å². The van der Waals surface area contributed by atoms with E-state index in [4.69, 9.17) is 4.74 Å². The van der Waals surface area contributed by atoms with Gasteiger partial charge in [0.25, 0.3) is 0 Å². The van der Waals surface area contributed by atoms with E-state index in [1.807, 2.05) is 0 Å². The summed E-state index contributed by atoms with van der Waals surface area (Å²) in [4.78, 5) is 0. The molecule has 0 spiro atoms. The SMILES string of the molecule is C[C@H](NCC1(C)COC1)C1CCCCCC1. The molecule has 1 aliphatic carbocycles. The Hall–Kier alpha value is -0.0800. The first-order valence-corrected chi connectivity index (χ1v) is 7.01. The minimum absolute atomic E-state index is 0.416. The minimum Gasteiger partial charge on any atom is -0.380 e. The van der Waals surface area contributed by atoms with Gasteiger partial charge in [0.2, 0.25) is 0 Å². The Morgan fingerprint density at radius 1 is 1.19 bits per heavy atom. The van der Waals surface area contributed by atoms with Crippen molar-refractivity contribution in [2.45, 2.75) is 58.4 Å². The molecule has 1 saturated carbocycles. The summed E-state index contributed by atoms with van der Waals surface area (Å²) in [6.07, 6.45) is 8.65. The maximum atomic E-state index is 5.30. The lowest BCUT2D eigenvalue weighted by molar-refractivity contribution is -0.100. The normalized spacial score (nSPS) is 28.1. The number of nitrogens with one attached hydrogen (secondary N) is 1. The highest BCUT2D eigenvalue weighted by molar-refractivity contribution is 4.85. The molecule has 2 aliphatic rings. The zero-order valence-electron chi connectivity index (χ0n) is 10.9. The molecule has 0 aromatic carbocycles. The zero-order valence-corrected chi connectivity index (χ0v) is 10.9. The van der Waals surface area contributed by atoms with Gasteiger partial charge >= 0.3 is 0 Å². The second kappa shape index (κ2) is 5.50. The largest absolute Gasteiger partial charge is 0.380 e. The Bertz CT molecular complexity index is 205. The molecule has 2 nitrogen and oxygen atoms in total. The molecule has 0 amide bonds. The second-order valence-corrected chi connectivity index (χ2v) is 6.22. The van der Waals surface area contributed by atoms with Crippen molar-refractivity contribution in [2.75, 3.05) is 19.8 Å². The van der Waals surface area contributed by atoms with Crippen LogP contribution in [0.1, 0.15) is 52.4 Å². The monoisotopic (exact) mass is 225 g/mol. The van der Waals surface area contributed by atoms with Gasteiger partial charge in [-0.2, -0.15) is 0 Å². The van der Waals surface area contributed by atoms with E-state index >= 15 is 0 Å². The van der Waals surface area contributed by atoms with Crippen molar-refractivity contribution in [2.24, 2.45) is 11.3 Å². The molecule has 0 aromatic heterocycles. The van der Waals surface area contributed by atoms with E-state index in [0.717, 1.165) is 25.7 Å². The first kappa shape index (κ1) is 12.4. The third-order valence-electron chi connectivity index (χ3n) is 4.36. The molecule has 1 heterocycles. The fourth-order valence-electron chi connectivity index (χ4n) is 2.94. The second-order valence-electron chi connectivity index (χ2n) is 6.22. The van der Waals surface area contributed by atoms with E-state index in [1.54, 1.807) is 0 Å². The number of hydrogen-bond donors (Lipinski definition) is 1. The molecule has 0 unspecified atom stereocenters. The van der Waals surface area contributed by atoms with Crippen LogP contribution in [0.5, 0.6) is 0 Å². The summed E-state index contributed by atoms with van der Waals surface area (Å²) in [5, 5.41) is 3.74. The van der Waals surface area contributed by atoms with Crippen molar-refractivity contribution in [3.8, 4) is 0 Å². The van der Waals surface area contributed by atoms with Crippen LogP contribution in [0, 0.1) is 11.3 Å². The van der Waals surface area contributed by atoms with E-state index in [0.29, 0.717) is 11.5 Å². The maximum Gasteiger partial charge on any atom is 0.0554 e. The molecule has 2 heteroatoms. The van der Waals surface area contributed by atoms with Crippen LogP contribution in [-0.2, 0) is 4.74 Å². The van der Waals surface area contributed by atoms with Gasteiger partial charge in [0.05, 0.1) is 13.2 Å². The summed E-state index contributed by atoms with van der Waals surface area (Å²) in [7, 11) is 0. The molecule has 2 rings (SSSR count). The Labute approximate surface area is 100 Å². The summed E-state index contributed by atoms with van der Waals surface area (Å²) in [6.45, 7) is 7.71. The summed E-state index contributed by atoms with van der Waals surface area (Å²) in [5.41, 5.74) is 0.416. The molecular formula is C14H27NO. The van der Waals surface area contributed by atoms with E-state index in [1.165, 1.54) is 38.5 Å². The van der Waals surface area contributed by atoms with Crippen molar-refractivity contribution >= 4 is 0 Å². The highest BCUT2D eigenvalue weighted by Crippen LogP contribution is 2.28.